The Kier molecular flexibility index (Phi) is 5.58. The van der Waals surface area contributed by atoms with E-state index in [0.29, 0.717) is 13.0 Å². The van der Waals surface area contributed by atoms with Crippen molar-refractivity contribution in [3.63, 3.8) is 0 Å². The molecule has 0 fully saturated rings. The second-order valence-electron chi connectivity index (χ2n) is 6.52. The fraction of sp³-hybridized carbons (Fsp3) is 0.333. The Morgan fingerprint density at radius 1 is 1.26 bits per heavy atom. The molecule has 2 N–H and O–H groups in total. The zero-order chi connectivity index (χ0) is 19.4. The quantitative estimate of drug-likeness (QED) is 0.547. The minimum Gasteiger partial charge on any atom is -0.466 e. The fourth-order valence-corrected chi connectivity index (χ4v) is 3.78. The molecule has 0 amide bonds. The minimum absolute atomic E-state index is 0.187. The van der Waals surface area contributed by atoms with Crippen molar-refractivity contribution in [3.05, 3.63) is 71.8 Å². The molecule has 2 bridgehead atoms. The maximum atomic E-state index is 12.6. The van der Waals surface area contributed by atoms with Crippen molar-refractivity contribution in [2.45, 2.75) is 30.7 Å². The Bertz CT molecular complexity index is 798. The Labute approximate surface area is 158 Å². The van der Waals surface area contributed by atoms with Crippen molar-refractivity contribution in [2.75, 3.05) is 14.2 Å². The SMILES string of the molecule is C=CC[C@@H]([NH2+]Cc1ccccc1)[C@]12C=C[C@H](O1)C(C(=O)OC)=C2C(=O)OC. The minimum atomic E-state index is -1.05. The van der Waals surface area contributed by atoms with Crippen molar-refractivity contribution >= 4 is 11.9 Å². The van der Waals surface area contributed by atoms with E-state index >= 15 is 0 Å². The lowest BCUT2D eigenvalue weighted by Gasteiger charge is -2.32. The molecule has 2 heterocycles. The first kappa shape index (κ1) is 19.1. The van der Waals surface area contributed by atoms with Crippen LogP contribution in [-0.4, -0.2) is 43.9 Å². The number of hydrogen-bond donors (Lipinski definition) is 1. The largest absolute Gasteiger partial charge is 0.466 e. The first-order valence-electron chi connectivity index (χ1n) is 8.84. The highest BCUT2D eigenvalue weighted by Crippen LogP contribution is 2.46. The first-order valence-corrected chi connectivity index (χ1v) is 8.84. The molecule has 3 atom stereocenters. The van der Waals surface area contributed by atoms with Gasteiger partial charge in [0, 0.05) is 12.0 Å². The monoisotopic (exact) mass is 370 g/mol. The Morgan fingerprint density at radius 2 is 1.96 bits per heavy atom. The van der Waals surface area contributed by atoms with E-state index in [2.05, 4.69) is 11.9 Å². The average Bonchev–Trinajstić information content (AvgIpc) is 3.28. The smallest absolute Gasteiger partial charge is 0.337 e. The molecule has 6 nitrogen and oxygen atoms in total. The van der Waals surface area contributed by atoms with Gasteiger partial charge in [0.15, 0.2) is 5.60 Å². The van der Waals surface area contributed by atoms with Gasteiger partial charge in [-0.05, 0) is 6.08 Å². The van der Waals surface area contributed by atoms with Gasteiger partial charge in [-0.2, -0.15) is 0 Å². The topological polar surface area (TPSA) is 78.4 Å². The van der Waals surface area contributed by atoms with Crippen LogP contribution in [0.25, 0.3) is 0 Å². The molecule has 142 valence electrons. The Morgan fingerprint density at radius 3 is 2.59 bits per heavy atom. The zero-order valence-electron chi connectivity index (χ0n) is 15.5. The second kappa shape index (κ2) is 7.90. The van der Waals surface area contributed by atoms with Gasteiger partial charge < -0.3 is 19.5 Å². The molecule has 0 aromatic heterocycles. The van der Waals surface area contributed by atoms with Gasteiger partial charge in [0.05, 0.1) is 25.4 Å². The lowest BCUT2D eigenvalue weighted by atomic mass is 9.80. The lowest BCUT2D eigenvalue weighted by molar-refractivity contribution is -0.713. The van der Waals surface area contributed by atoms with Gasteiger partial charge in [-0.25, -0.2) is 9.59 Å². The van der Waals surface area contributed by atoms with E-state index in [9.17, 15) is 9.59 Å². The van der Waals surface area contributed by atoms with Crippen molar-refractivity contribution < 1.29 is 29.1 Å². The van der Waals surface area contributed by atoms with Crippen LogP contribution in [0.4, 0.5) is 0 Å². The highest BCUT2D eigenvalue weighted by molar-refractivity contribution is 6.05. The van der Waals surface area contributed by atoms with Crippen molar-refractivity contribution in [3.8, 4) is 0 Å². The predicted octanol–water partition coefficient (Wildman–Crippen LogP) is 1.04. The van der Waals surface area contributed by atoms with Gasteiger partial charge in [-0.1, -0.05) is 42.5 Å². The van der Waals surface area contributed by atoms with Crippen LogP contribution in [0.3, 0.4) is 0 Å². The summed E-state index contributed by atoms with van der Waals surface area (Å²) in [5.74, 6) is -1.16. The first-order chi connectivity index (χ1) is 13.1. The standard InChI is InChI=1S/C21H23NO5/c1-4-8-16(22-13-14-9-6-5-7-10-14)21-12-11-15(27-21)17(19(23)25-2)18(21)20(24)26-3/h4-7,9-12,15-16,22H,1,8,13H2,2-3H3/p+1/t15-,16+,21-/m0/s1. The summed E-state index contributed by atoms with van der Waals surface area (Å²) in [5, 5.41) is 2.10. The van der Waals surface area contributed by atoms with Gasteiger partial charge >= 0.3 is 11.9 Å². The van der Waals surface area contributed by atoms with Crippen LogP contribution < -0.4 is 5.32 Å². The molecule has 1 aromatic carbocycles. The number of nitrogens with two attached hydrogens (primary N) is 1. The van der Waals surface area contributed by atoms with Gasteiger partial charge in [0.25, 0.3) is 0 Å². The number of esters is 2. The number of hydrogen-bond acceptors (Lipinski definition) is 5. The summed E-state index contributed by atoms with van der Waals surface area (Å²) in [5.41, 5.74) is 0.537. The number of rotatable bonds is 8. The van der Waals surface area contributed by atoms with E-state index in [0.717, 1.165) is 5.56 Å². The van der Waals surface area contributed by atoms with Gasteiger partial charge in [-0.15, -0.1) is 6.58 Å². The third-order valence-electron chi connectivity index (χ3n) is 5.03. The summed E-state index contributed by atoms with van der Waals surface area (Å²) in [4.78, 5) is 24.9. The van der Waals surface area contributed by atoms with E-state index in [1.54, 1.807) is 12.2 Å². The van der Waals surface area contributed by atoms with Crippen LogP contribution in [0.5, 0.6) is 0 Å². The fourth-order valence-electron chi connectivity index (χ4n) is 3.78. The molecule has 0 spiro atoms. The third kappa shape index (κ3) is 3.34. The second-order valence-corrected chi connectivity index (χ2v) is 6.52. The number of quaternary nitrogens is 1. The van der Waals surface area contributed by atoms with Crippen LogP contribution >= 0.6 is 0 Å². The highest BCUT2D eigenvalue weighted by Gasteiger charge is 2.59. The van der Waals surface area contributed by atoms with E-state index in [1.165, 1.54) is 14.2 Å². The molecule has 0 saturated carbocycles. The number of fused-ring (bicyclic) bond motifs is 2. The molecule has 0 aliphatic carbocycles. The molecule has 1 aromatic rings. The van der Waals surface area contributed by atoms with E-state index in [4.69, 9.17) is 14.2 Å². The van der Waals surface area contributed by atoms with E-state index in [-0.39, 0.29) is 17.2 Å². The van der Waals surface area contributed by atoms with Crippen molar-refractivity contribution in [2.24, 2.45) is 0 Å². The maximum Gasteiger partial charge on any atom is 0.337 e. The number of carbonyl (C=O) groups is 2. The van der Waals surface area contributed by atoms with Crippen molar-refractivity contribution in [1.82, 2.24) is 0 Å². The Balaban J connectivity index is 1.97. The highest BCUT2D eigenvalue weighted by atomic mass is 16.6. The predicted molar refractivity (Wildman–Crippen MR) is 98.5 cm³/mol. The van der Waals surface area contributed by atoms with Crippen LogP contribution in [0, 0.1) is 0 Å². The molecule has 2 aliphatic heterocycles. The summed E-state index contributed by atoms with van der Waals surface area (Å²) in [6, 6.07) is 9.83. The summed E-state index contributed by atoms with van der Waals surface area (Å²) < 4.78 is 16.0. The molecule has 2 aliphatic rings. The third-order valence-corrected chi connectivity index (χ3v) is 5.03. The van der Waals surface area contributed by atoms with Gasteiger partial charge in [0.2, 0.25) is 0 Å². The van der Waals surface area contributed by atoms with Gasteiger partial charge in [-0.3, -0.25) is 0 Å². The summed E-state index contributed by atoms with van der Waals surface area (Å²) in [7, 11) is 2.58. The zero-order valence-corrected chi connectivity index (χ0v) is 15.5. The normalized spacial score (nSPS) is 24.0. The summed E-state index contributed by atoms with van der Waals surface area (Å²) in [6.07, 6.45) is 5.41. The maximum absolute atomic E-state index is 12.6. The van der Waals surface area contributed by atoms with Crippen molar-refractivity contribution in [1.29, 1.82) is 0 Å². The van der Waals surface area contributed by atoms with Crippen LogP contribution in [0.1, 0.15) is 12.0 Å². The number of carbonyl (C=O) groups excluding carboxylic acids is 2. The molecule has 27 heavy (non-hydrogen) atoms. The van der Waals surface area contributed by atoms with E-state index < -0.39 is 23.6 Å². The molecular weight excluding hydrogens is 346 g/mol. The summed E-state index contributed by atoms with van der Waals surface area (Å²) in [6.45, 7) is 4.54. The molecular formula is C21H24NO5+. The van der Waals surface area contributed by atoms with E-state index in [1.807, 2.05) is 36.4 Å². The molecule has 3 rings (SSSR count). The van der Waals surface area contributed by atoms with Crippen LogP contribution in [0.2, 0.25) is 0 Å². The lowest BCUT2D eigenvalue weighted by Crippen LogP contribution is -2.93. The number of ether oxygens (including phenoxy) is 3. The Hall–Kier alpha value is -2.70. The average molecular weight is 370 g/mol. The van der Waals surface area contributed by atoms with Crippen LogP contribution in [0.15, 0.2) is 66.3 Å². The molecule has 0 unspecified atom stereocenters. The molecule has 0 saturated heterocycles. The van der Waals surface area contributed by atoms with Crippen LogP contribution in [-0.2, 0) is 30.3 Å². The molecule has 6 heteroatoms. The van der Waals surface area contributed by atoms with Gasteiger partial charge in [0.1, 0.15) is 18.7 Å². The summed E-state index contributed by atoms with van der Waals surface area (Å²) >= 11 is 0. The molecule has 0 radical (unpaired) electrons. The number of benzene rings is 1. The number of methoxy groups -OCH3 is 2.